The van der Waals surface area contributed by atoms with Crippen molar-refractivity contribution in [3.8, 4) is 0 Å². The molecule has 0 aliphatic carbocycles. The molecule has 1 heterocycles. The maximum absolute atomic E-state index is 5.41. The van der Waals surface area contributed by atoms with Crippen LogP contribution in [0.2, 0.25) is 0 Å². The van der Waals surface area contributed by atoms with Crippen molar-refractivity contribution in [2.45, 2.75) is 18.9 Å². The maximum Gasteiger partial charge on any atom is 0.0183 e. The molecule has 0 aromatic heterocycles. The number of likely N-dealkylation sites (tertiary alicyclic amines) is 1. The van der Waals surface area contributed by atoms with Crippen molar-refractivity contribution in [3.05, 3.63) is 0 Å². The van der Waals surface area contributed by atoms with E-state index in [1.807, 2.05) is 11.8 Å². The van der Waals surface area contributed by atoms with Crippen LogP contribution in [0.3, 0.4) is 0 Å². The maximum atomic E-state index is 5.41. The molecular formula is C8H18N2S. The summed E-state index contributed by atoms with van der Waals surface area (Å²) < 4.78 is 0. The molecular weight excluding hydrogens is 156 g/mol. The Balaban J connectivity index is 2.05. The minimum absolute atomic E-state index is 0.821. The highest BCUT2D eigenvalue weighted by atomic mass is 32.2. The first-order valence-electron chi connectivity index (χ1n) is 4.32. The molecule has 3 heteroatoms. The quantitative estimate of drug-likeness (QED) is 0.638. The second-order valence-electron chi connectivity index (χ2n) is 3.14. The lowest BCUT2D eigenvalue weighted by molar-refractivity contribution is 0.335. The van der Waals surface area contributed by atoms with Crippen molar-refractivity contribution >= 4 is 11.8 Å². The van der Waals surface area contributed by atoms with Crippen molar-refractivity contribution in [1.29, 1.82) is 0 Å². The molecule has 0 spiro atoms. The lowest BCUT2D eigenvalue weighted by Gasteiger charge is -2.18. The molecule has 66 valence electrons. The Labute approximate surface area is 73.5 Å². The van der Waals surface area contributed by atoms with E-state index in [1.165, 1.54) is 25.1 Å². The zero-order valence-electron chi connectivity index (χ0n) is 7.25. The van der Waals surface area contributed by atoms with Gasteiger partial charge in [0.1, 0.15) is 0 Å². The van der Waals surface area contributed by atoms with Crippen LogP contribution in [0.25, 0.3) is 0 Å². The van der Waals surface area contributed by atoms with E-state index in [1.54, 1.807) is 0 Å². The smallest absolute Gasteiger partial charge is 0.0183 e. The zero-order chi connectivity index (χ0) is 8.10. The van der Waals surface area contributed by atoms with Gasteiger partial charge in [0.15, 0.2) is 0 Å². The highest BCUT2D eigenvalue weighted by Crippen LogP contribution is 2.18. The molecule has 11 heavy (non-hydrogen) atoms. The van der Waals surface area contributed by atoms with E-state index in [-0.39, 0.29) is 0 Å². The summed E-state index contributed by atoms with van der Waals surface area (Å²) in [7, 11) is 2.22. The summed E-state index contributed by atoms with van der Waals surface area (Å²) in [5.74, 6) is 2.39. The van der Waals surface area contributed by atoms with Gasteiger partial charge in [0.2, 0.25) is 0 Å². The van der Waals surface area contributed by atoms with Crippen LogP contribution in [0.5, 0.6) is 0 Å². The van der Waals surface area contributed by atoms with E-state index >= 15 is 0 Å². The number of hydrogen-bond donors (Lipinski definition) is 1. The Morgan fingerprint density at radius 3 is 3.00 bits per heavy atom. The standard InChI is InChI=1S/C8H18N2S/c1-10-5-2-3-8(10)7-11-6-4-9/h8H,2-7,9H2,1H3. The van der Waals surface area contributed by atoms with Crippen LogP contribution in [0, 0.1) is 0 Å². The van der Waals surface area contributed by atoms with Crippen LogP contribution in [0.4, 0.5) is 0 Å². The van der Waals surface area contributed by atoms with Crippen molar-refractivity contribution in [2.75, 3.05) is 31.6 Å². The van der Waals surface area contributed by atoms with Gasteiger partial charge in [-0.1, -0.05) is 0 Å². The predicted octanol–water partition coefficient (Wildman–Crippen LogP) is 0.772. The average molecular weight is 174 g/mol. The molecule has 0 bridgehead atoms. The van der Waals surface area contributed by atoms with E-state index in [4.69, 9.17) is 5.73 Å². The highest BCUT2D eigenvalue weighted by molar-refractivity contribution is 7.99. The van der Waals surface area contributed by atoms with Crippen LogP contribution in [-0.4, -0.2) is 42.6 Å². The molecule has 2 nitrogen and oxygen atoms in total. The van der Waals surface area contributed by atoms with Gasteiger partial charge < -0.3 is 10.6 Å². The number of nitrogens with two attached hydrogens (primary N) is 1. The van der Waals surface area contributed by atoms with E-state index in [0.29, 0.717) is 0 Å². The summed E-state index contributed by atoms with van der Waals surface area (Å²) in [5, 5.41) is 0. The van der Waals surface area contributed by atoms with Gasteiger partial charge in [-0.3, -0.25) is 0 Å². The molecule has 0 radical (unpaired) electrons. The number of nitrogens with zero attached hydrogens (tertiary/aromatic N) is 1. The Morgan fingerprint density at radius 1 is 1.64 bits per heavy atom. The monoisotopic (exact) mass is 174 g/mol. The highest BCUT2D eigenvalue weighted by Gasteiger charge is 2.19. The molecule has 0 amide bonds. The third-order valence-electron chi connectivity index (χ3n) is 2.24. The lowest BCUT2D eigenvalue weighted by atomic mass is 10.2. The molecule has 1 rings (SSSR count). The third-order valence-corrected chi connectivity index (χ3v) is 3.39. The molecule has 0 aromatic rings. The Morgan fingerprint density at radius 2 is 2.45 bits per heavy atom. The molecule has 2 N–H and O–H groups in total. The molecule has 0 saturated carbocycles. The zero-order valence-corrected chi connectivity index (χ0v) is 8.07. The van der Waals surface area contributed by atoms with Crippen LogP contribution in [0.1, 0.15) is 12.8 Å². The minimum Gasteiger partial charge on any atom is -0.330 e. The van der Waals surface area contributed by atoms with Gasteiger partial charge in [0.05, 0.1) is 0 Å². The molecule has 1 aliphatic rings. The predicted molar refractivity (Wildman–Crippen MR) is 52.0 cm³/mol. The van der Waals surface area contributed by atoms with Crippen molar-refractivity contribution in [1.82, 2.24) is 4.90 Å². The molecule has 1 saturated heterocycles. The first-order valence-corrected chi connectivity index (χ1v) is 5.48. The van der Waals surface area contributed by atoms with Crippen molar-refractivity contribution < 1.29 is 0 Å². The van der Waals surface area contributed by atoms with E-state index < -0.39 is 0 Å². The van der Waals surface area contributed by atoms with Crippen LogP contribution in [0.15, 0.2) is 0 Å². The Hall–Kier alpha value is 0.270. The van der Waals surface area contributed by atoms with Gasteiger partial charge in [-0.15, -0.1) is 0 Å². The van der Waals surface area contributed by atoms with Gasteiger partial charge in [-0.2, -0.15) is 11.8 Å². The SMILES string of the molecule is CN1CCCC1CSCCN. The van der Waals surface area contributed by atoms with Gasteiger partial charge in [0.25, 0.3) is 0 Å². The normalized spacial score (nSPS) is 26.2. The fourth-order valence-corrected chi connectivity index (χ4v) is 2.52. The minimum atomic E-state index is 0.821. The molecule has 0 aromatic carbocycles. The topological polar surface area (TPSA) is 29.3 Å². The van der Waals surface area contributed by atoms with E-state index in [9.17, 15) is 0 Å². The van der Waals surface area contributed by atoms with Gasteiger partial charge in [-0.05, 0) is 26.4 Å². The summed E-state index contributed by atoms with van der Waals surface area (Å²) in [6, 6.07) is 0.826. The first-order chi connectivity index (χ1) is 5.34. The molecule has 1 aliphatic heterocycles. The molecule has 1 atom stereocenters. The number of rotatable bonds is 4. The number of thioether (sulfide) groups is 1. The second-order valence-corrected chi connectivity index (χ2v) is 4.29. The molecule has 1 unspecified atom stereocenters. The van der Waals surface area contributed by atoms with E-state index in [0.717, 1.165) is 18.3 Å². The summed E-state index contributed by atoms with van der Waals surface area (Å²) >= 11 is 1.99. The fourth-order valence-electron chi connectivity index (χ4n) is 1.49. The Kier molecular flexibility index (Phi) is 4.26. The van der Waals surface area contributed by atoms with Crippen LogP contribution in [-0.2, 0) is 0 Å². The number of hydrogen-bond acceptors (Lipinski definition) is 3. The van der Waals surface area contributed by atoms with Gasteiger partial charge in [0, 0.05) is 24.1 Å². The van der Waals surface area contributed by atoms with Gasteiger partial charge >= 0.3 is 0 Å². The molecule has 1 fully saturated rings. The lowest BCUT2D eigenvalue weighted by Crippen LogP contribution is -2.27. The van der Waals surface area contributed by atoms with Crippen LogP contribution >= 0.6 is 11.8 Å². The van der Waals surface area contributed by atoms with Crippen molar-refractivity contribution in [3.63, 3.8) is 0 Å². The van der Waals surface area contributed by atoms with Crippen LogP contribution < -0.4 is 5.73 Å². The second kappa shape index (κ2) is 5.01. The third kappa shape index (κ3) is 3.01. The largest absolute Gasteiger partial charge is 0.330 e. The fraction of sp³-hybridized carbons (Fsp3) is 1.00. The summed E-state index contributed by atoms with van der Waals surface area (Å²) in [6.07, 6.45) is 2.76. The van der Waals surface area contributed by atoms with E-state index in [2.05, 4.69) is 11.9 Å². The van der Waals surface area contributed by atoms with Crippen molar-refractivity contribution in [2.24, 2.45) is 5.73 Å². The summed E-state index contributed by atoms with van der Waals surface area (Å²) in [5.41, 5.74) is 5.41. The summed E-state index contributed by atoms with van der Waals surface area (Å²) in [4.78, 5) is 2.46. The first kappa shape index (κ1) is 9.36. The summed E-state index contributed by atoms with van der Waals surface area (Å²) in [6.45, 7) is 2.11. The van der Waals surface area contributed by atoms with Gasteiger partial charge in [-0.25, -0.2) is 0 Å². The average Bonchev–Trinajstić information content (AvgIpc) is 2.37. The Bertz CT molecular complexity index is 108.